The number of hydrogen-bond acceptors (Lipinski definition) is 3. The third kappa shape index (κ3) is 4.19. The van der Waals surface area contributed by atoms with E-state index in [9.17, 15) is 14.7 Å². The summed E-state index contributed by atoms with van der Waals surface area (Å²) in [6, 6.07) is 13.7. The molecule has 5 heteroatoms. The van der Waals surface area contributed by atoms with Crippen molar-refractivity contribution in [3.63, 3.8) is 0 Å². The highest BCUT2D eigenvalue weighted by Crippen LogP contribution is 2.34. The summed E-state index contributed by atoms with van der Waals surface area (Å²) in [6.07, 6.45) is 1.04. The number of hydrogen-bond donors (Lipinski definition) is 2. The second-order valence-corrected chi connectivity index (χ2v) is 8.53. The van der Waals surface area contributed by atoms with Crippen LogP contribution in [-0.2, 0) is 4.79 Å². The number of carbonyl (C=O) groups is 2. The summed E-state index contributed by atoms with van der Waals surface area (Å²) in [5.74, 6) is -0.806. The number of rotatable bonds is 4. The summed E-state index contributed by atoms with van der Waals surface area (Å²) in [5.41, 5.74) is 3.39. The molecular formula is C23H28N2O3. The second-order valence-electron chi connectivity index (χ2n) is 8.53. The SMILES string of the molecule is Cc1ccccc1[C@H]1CCN(c2ccc(NC(=O)C(C)(C)C)c(C(=O)O)c2)C1. The van der Waals surface area contributed by atoms with E-state index in [2.05, 4.69) is 41.4 Å². The van der Waals surface area contributed by atoms with Gasteiger partial charge in [-0.2, -0.15) is 0 Å². The van der Waals surface area contributed by atoms with Crippen LogP contribution in [0.2, 0.25) is 0 Å². The average molecular weight is 380 g/mol. The van der Waals surface area contributed by atoms with Crippen molar-refractivity contribution in [1.29, 1.82) is 0 Å². The van der Waals surface area contributed by atoms with Gasteiger partial charge in [0, 0.05) is 30.1 Å². The van der Waals surface area contributed by atoms with Gasteiger partial charge in [-0.1, -0.05) is 45.0 Å². The van der Waals surface area contributed by atoms with Crippen LogP contribution in [-0.4, -0.2) is 30.1 Å². The van der Waals surface area contributed by atoms with Crippen molar-refractivity contribution >= 4 is 23.3 Å². The Hall–Kier alpha value is -2.82. The predicted molar refractivity (Wildman–Crippen MR) is 112 cm³/mol. The van der Waals surface area contributed by atoms with Gasteiger partial charge < -0.3 is 15.3 Å². The standard InChI is InChI=1S/C23H28N2O3/c1-15-7-5-6-8-18(15)16-11-12-25(14-16)17-9-10-20(19(13-17)21(26)27)24-22(28)23(2,3)4/h5-10,13,16H,11-12,14H2,1-4H3,(H,24,28)(H,26,27)/t16-/m0/s1. The van der Waals surface area contributed by atoms with Crippen molar-refractivity contribution in [2.75, 3.05) is 23.3 Å². The number of nitrogens with zero attached hydrogens (tertiary/aromatic N) is 1. The molecule has 0 aromatic heterocycles. The zero-order valence-corrected chi connectivity index (χ0v) is 17.0. The molecule has 2 N–H and O–H groups in total. The molecule has 0 saturated carbocycles. The van der Waals surface area contributed by atoms with Crippen LogP contribution in [0.15, 0.2) is 42.5 Å². The predicted octanol–water partition coefficient (Wildman–Crippen LogP) is 4.67. The molecule has 0 radical (unpaired) electrons. The number of nitrogens with one attached hydrogen (secondary N) is 1. The highest BCUT2D eigenvalue weighted by molar-refractivity contribution is 6.02. The molecule has 1 saturated heterocycles. The van der Waals surface area contributed by atoms with E-state index >= 15 is 0 Å². The Labute approximate surface area is 166 Å². The molecule has 1 heterocycles. The largest absolute Gasteiger partial charge is 0.478 e. The number of carboxylic acid groups (broad SMARTS) is 1. The Morgan fingerprint density at radius 1 is 1.14 bits per heavy atom. The third-order valence-corrected chi connectivity index (χ3v) is 5.34. The van der Waals surface area contributed by atoms with Gasteiger partial charge in [-0.3, -0.25) is 4.79 Å². The summed E-state index contributed by atoms with van der Waals surface area (Å²) in [7, 11) is 0. The van der Waals surface area contributed by atoms with E-state index in [4.69, 9.17) is 0 Å². The van der Waals surface area contributed by atoms with Gasteiger partial charge in [0.1, 0.15) is 0 Å². The van der Waals surface area contributed by atoms with Crippen LogP contribution < -0.4 is 10.2 Å². The van der Waals surface area contributed by atoms with Crippen molar-refractivity contribution < 1.29 is 14.7 Å². The summed E-state index contributed by atoms with van der Waals surface area (Å²) in [6.45, 7) is 9.27. The third-order valence-electron chi connectivity index (χ3n) is 5.34. The maximum Gasteiger partial charge on any atom is 0.337 e. The number of carbonyl (C=O) groups excluding carboxylic acids is 1. The molecule has 1 aliphatic heterocycles. The molecule has 2 aromatic carbocycles. The number of carboxylic acids is 1. The summed E-state index contributed by atoms with van der Waals surface area (Å²) >= 11 is 0. The van der Waals surface area contributed by atoms with Crippen LogP contribution in [0.3, 0.4) is 0 Å². The molecule has 0 unspecified atom stereocenters. The Morgan fingerprint density at radius 3 is 2.50 bits per heavy atom. The molecule has 0 bridgehead atoms. The molecule has 0 aliphatic carbocycles. The maximum atomic E-state index is 12.3. The average Bonchev–Trinajstić information content (AvgIpc) is 3.11. The number of aromatic carboxylic acids is 1. The highest BCUT2D eigenvalue weighted by atomic mass is 16.4. The Kier molecular flexibility index (Phi) is 5.45. The second kappa shape index (κ2) is 7.66. The van der Waals surface area contributed by atoms with Crippen LogP contribution in [0.1, 0.15) is 54.6 Å². The van der Waals surface area contributed by atoms with Crippen LogP contribution in [0, 0.1) is 12.3 Å². The number of anilines is 2. The van der Waals surface area contributed by atoms with E-state index in [-0.39, 0.29) is 11.5 Å². The lowest BCUT2D eigenvalue weighted by atomic mass is 9.94. The van der Waals surface area contributed by atoms with Crippen LogP contribution >= 0.6 is 0 Å². The number of aryl methyl sites for hydroxylation is 1. The van der Waals surface area contributed by atoms with Crippen LogP contribution in [0.5, 0.6) is 0 Å². The first-order valence-corrected chi connectivity index (χ1v) is 9.66. The lowest BCUT2D eigenvalue weighted by Gasteiger charge is -2.22. The Morgan fingerprint density at radius 2 is 1.86 bits per heavy atom. The van der Waals surface area contributed by atoms with Gasteiger partial charge in [0.2, 0.25) is 5.91 Å². The summed E-state index contributed by atoms with van der Waals surface area (Å²) in [5, 5.41) is 12.4. The van der Waals surface area contributed by atoms with E-state index in [1.807, 2.05) is 6.07 Å². The molecule has 2 aromatic rings. The molecule has 0 spiro atoms. The molecule has 1 aliphatic rings. The minimum Gasteiger partial charge on any atom is -0.478 e. The van der Waals surface area contributed by atoms with Gasteiger partial charge in [0.25, 0.3) is 0 Å². The van der Waals surface area contributed by atoms with Gasteiger partial charge in [-0.15, -0.1) is 0 Å². The summed E-state index contributed by atoms with van der Waals surface area (Å²) < 4.78 is 0. The van der Waals surface area contributed by atoms with Crippen LogP contribution in [0.4, 0.5) is 11.4 Å². The van der Waals surface area contributed by atoms with Gasteiger partial charge in [0.15, 0.2) is 0 Å². The topological polar surface area (TPSA) is 69.6 Å². The fourth-order valence-electron chi connectivity index (χ4n) is 3.62. The lowest BCUT2D eigenvalue weighted by Crippen LogP contribution is -2.28. The van der Waals surface area contributed by atoms with Crippen molar-refractivity contribution in [3.05, 3.63) is 59.2 Å². The van der Waals surface area contributed by atoms with E-state index in [1.165, 1.54) is 11.1 Å². The van der Waals surface area contributed by atoms with Gasteiger partial charge >= 0.3 is 5.97 Å². The first-order valence-electron chi connectivity index (χ1n) is 9.66. The fourth-order valence-corrected chi connectivity index (χ4v) is 3.62. The van der Waals surface area contributed by atoms with E-state index in [0.717, 1.165) is 25.2 Å². The normalized spacial score (nSPS) is 16.9. The molecule has 28 heavy (non-hydrogen) atoms. The van der Waals surface area contributed by atoms with Crippen LogP contribution in [0.25, 0.3) is 0 Å². The zero-order chi connectivity index (χ0) is 20.5. The summed E-state index contributed by atoms with van der Waals surface area (Å²) in [4.78, 5) is 26.3. The number of benzene rings is 2. The quantitative estimate of drug-likeness (QED) is 0.809. The molecule has 1 fully saturated rings. The molecule has 1 amide bonds. The number of amides is 1. The molecule has 1 atom stereocenters. The van der Waals surface area contributed by atoms with E-state index < -0.39 is 11.4 Å². The molecule has 5 nitrogen and oxygen atoms in total. The molecular weight excluding hydrogens is 352 g/mol. The van der Waals surface area contributed by atoms with Crippen molar-refractivity contribution in [2.24, 2.45) is 5.41 Å². The zero-order valence-electron chi connectivity index (χ0n) is 17.0. The van der Waals surface area contributed by atoms with Crippen molar-refractivity contribution in [2.45, 2.75) is 40.0 Å². The van der Waals surface area contributed by atoms with E-state index in [0.29, 0.717) is 11.6 Å². The maximum absolute atomic E-state index is 12.3. The first-order chi connectivity index (χ1) is 13.2. The Balaban J connectivity index is 1.82. The van der Waals surface area contributed by atoms with E-state index in [1.54, 1.807) is 32.9 Å². The van der Waals surface area contributed by atoms with Gasteiger partial charge in [0.05, 0.1) is 11.3 Å². The smallest absolute Gasteiger partial charge is 0.337 e. The van der Waals surface area contributed by atoms with Gasteiger partial charge in [-0.25, -0.2) is 4.79 Å². The highest BCUT2D eigenvalue weighted by Gasteiger charge is 2.27. The minimum absolute atomic E-state index is 0.120. The monoisotopic (exact) mass is 380 g/mol. The first kappa shape index (κ1) is 19.9. The van der Waals surface area contributed by atoms with Crippen molar-refractivity contribution in [1.82, 2.24) is 0 Å². The molecule has 148 valence electrons. The van der Waals surface area contributed by atoms with Crippen molar-refractivity contribution in [3.8, 4) is 0 Å². The Bertz CT molecular complexity index is 899. The van der Waals surface area contributed by atoms with Gasteiger partial charge in [-0.05, 0) is 42.7 Å². The molecule has 3 rings (SSSR count). The minimum atomic E-state index is -1.04. The lowest BCUT2D eigenvalue weighted by molar-refractivity contribution is -0.123. The fraction of sp³-hybridized carbons (Fsp3) is 0.391.